The Balaban J connectivity index is 0.00000171. The fourth-order valence-corrected chi connectivity index (χ4v) is 9.55. The molecule has 0 saturated heterocycles. The summed E-state index contributed by atoms with van der Waals surface area (Å²) in [6.45, 7) is 0. The number of halogens is 11. The number of hydrogen-bond acceptors (Lipinski definition) is 2. The van der Waals surface area contributed by atoms with Crippen molar-refractivity contribution < 1.29 is 54.3 Å². The molecule has 0 saturated carbocycles. The van der Waals surface area contributed by atoms with Gasteiger partial charge in [0.05, 0.1) is 63.0 Å². The van der Waals surface area contributed by atoms with Crippen LogP contribution in [-0.2, 0) is 17.1 Å². The number of fused-ring (bicyclic) bond motifs is 8. The standard InChI is InChI=1S/C44H22Cl8N4.3ClH.Mn/c45-21-5-1-6-22(46)37(21)41-29-13-15-31(53-29)42(38-23(47)7-2-8-24(38)48)33-17-19-35(55-33)44(40-27(51)11-4-12-28(40)52)36-20-18-34(56-36)43(32-16-14-30(41)54-32)39-25(49)9-3-10-26(39)50;;;;/h1-20,53-54H;3*1H;/q;;;;+3/p-3. The monoisotopic (exact) mass is 1050 g/mol. The minimum absolute atomic E-state index is 0. The van der Waals surface area contributed by atoms with Crippen LogP contribution in [0.15, 0.2) is 97.1 Å². The molecular formula is C44H22Cl11MnN4. The van der Waals surface area contributed by atoms with Gasteiger partial charge in [0.25, 0.3) is 0 Å². The SMILES string of the molecule is Clc1cccc(Cl)c1-c1c2nc(c(-c3c(Cl)cccc3Cl)c3ccc([nH]3)c(-c3c(Cl)cccc3Cl)c3ccc([nH]3)c(-c3c(Cl)cccc3Cl)c3nc1C=C3)C=C2.[Cl-].[Cl-].[Cl-].[Mn+3]. The van der Waals surface area contributed by atoms with Gasteiger partial charge in [-0.1, -0.05) is 117 Å². The number of H-pyrrole nitrogens is 2. The average molecular weight is 1050 g/mol. The van der Waals surface area contributed by atoms with Crippen LogP contribution in [-0.4, -0.2) is 19.9 Å². The molecule has 0 fully saturated rings. The molecule has 2 N–H and O–H groups in total. The van der Waals surface area contributed by atoms with E-state index in [1.807, 2.05) is 48.6 Å². The van der Waals surface area contributed by atoms with Crippen molar-refractivity contribution in [1.82, 2.24) is 19.9 Å². The smallest absolute Gasteiger partial charge is 1.00 e. The molecule has 3 aromatic heterocycles. The van der Waals surface area contributed by atoms with E-state index in [1.165, 1.54) is 0 Å². The van der Waals surface area contributed by atoms with E-state index in [0.717, 1.165) is 0 Å². The van der Waals surface area contributed by atoms with Gasteiger partial charge in [-0.15, -0.1) is 0 Å². The van der Waals surface area contributed by atoms with Crippen LogP contribution >= 0.6 is 92.8 Å². The minimum Gasteiger partial charge on any atom is -1.00 e. The third-order valence-electron chi connectivity index (χ3n) is 9.60. The molecule has 0 unspecified atom stereocenters. The molecule has 7 aromatic rings. The number of aromatic amines is 2. The van der Waals surface area contributed by atoms with E-state index in [4.69, 9.17) is 103 Å². The van der Waals surface area contributed by atoms with E-state index < -0.39 is 0 Å². The largest absolute Gasteiger partial charge is 3.00 e. The molecule has 9 rings (SSSR count). The molecule has 4 nitrogen and oxygen atoms in total. The van der Waals surface area contributed by atoms with Crippen molar-refractivity contribution >= 4 is 139 Å². The molecule has 0 aliphatic carbocycles. The van der Waals surface area contributed by atoms with E-state index >= 15 is 0 Å². The second kappa shape index (κ2) is 19.7. The molecule has 302 valence electrons. The van der Waals surface area contributed by atoms with Crippen LogP contribution in [0.1, 0.15) is 22.8 Å². The Morgan fingerprint density at radius 1 is 0.283 bits per heavy atom. The fraction of sp³-hybridized carbons (Fsp3) is 0. The Labute approximate surface area is 414 Å². The third-order valence-corrected chi connectivity index (χ3v) is 12.1. The first-order chi connectivity index (χ1) is 27.1. The van der Waals surface area contributed by atoms with E-state index in [0.29, 0.717) is 130 Å². The molecule has 16 heteroatoms. The summed E-state index contributed by atoms with van der Waals surface area (Å²) >= 11 is 55.6. The summed E-state index contributed by atoms with van der Waals surface area (Å²) in [4.78, 5) is 17.8. The Kier molecular flexibility index (Phi) is 15.8. The predicted molar refractivity (Wildman–Crippen MR) is 241 cm³/mol. The van der Waals surface area contributed by atoms with Crippen LogP contribution in [0.5, 0.6) is 0 Å². The number of aromatic nitrogens is 4. The van der Waals surface area contributed by atoms with Gasteiger partial charge in [0.1, 0.15) is 0 Å². The van der Waals surface area contributed by atoms with E-state index in [2.05, 4.69) is 9.97 Å². The van der Waals surface area contributed by atoms with Crippen molar-refractivity contribution in [3.63, 3.8) is 0 Å². The third kappa shape index (κ3) is 8.61. The minimum atomic E-state index is 0. The zero-order valence-electron chi connectivity index (χ0n) is 30.0. The van der Waals surface area contributed by atoms with Gasteiger partial charge in [0.15, 0.2) is 0 Å². The number of rotatable bonds is 4. The van der Waals surface area contributed by atoms with Crippen LogP contribution < -0.4 is 37.2 Å². The van der Waals surface area contributed by atoms with Crippen LogP contribution in [0.3, 0.4) is 0 Å². The maximum atomic E-state index is 6.96. The quantitative estimate of drug-likeness (QED) is 0.179. The van der Waals surface area contributed by atoms with Gasteiger partial charge in [0, 0.05) is 66.6 Å². The molecular weight excluding hydrogens is 1030 g/mol. The van der Waals surface area contributed by atoms with Crippen LogP contribution in [0.25, 0.3) is 90.9 Å². The summed E-state index contributed by atoms with van der Waals surface area (Å²) in [6.07, 6.45) is 7.62. The van der Waals surface area contributed by atoms with Gasteiger partial charge in [0.2, 0.25) is 0 Å². The summed E-state index contributed by atoms with van der Waals surface area (Å²) in [5, 5.41) is 3.53. The van der Waals surface area contributed by atoms with Crippen molar-refractivity contribution in [3.8, 4) is 44.5 Å². The van der Waals surface area contributed by atoms with Crippen molar-refractivity contribution in [2.75, 3.05) is 0 Å². The average Bonchev–Trinajstić information content (AvgIpc) is 4.00. The Morgan fingerprint density at radius 2 is 0.500 bits per heavy atom. The first kappa shape index (κ1) is 48.2. The first-order valence-electron chi connectivity index (χ1n) is 17.0. The molecule has 0 amide bonds. The zero-order valence-corrected chi connectivity index (χ0v) is 39.5. The Morgan fingerprint density at radius 3 is 0.783 bits per heavy atom. The molecule has 4 aromatic carbocycles. The summed E-state index contributed by atoms with van der Waals surface area (Å²) in [6, 6.07) is 29.3. The molecule has 0 spiro atoms. The van der Waals surface area contributed by atoms with Gasteiger partial charge < -0.3 is 47.2 Å². The normalized spacial score (nSPS) is 11.3. The van der Waals surface area contributed by atoms with Crippen molar-refractivity contribution in [3.05, 3.63) is 160 Å². The van der Waals surface area contributed by atoms with Gasteiger partial charge in [-0.05, 0) is 97.1 Å². The van der Waals surface area contributed by atoms with Gasteiger partial charge in [-0.3, -0.25) is 0 Å². The van der Waals surface area contributed by atoms with Crippen molar-refractivity contribution in [2.24, 2.45) is 0 Å². The summed E-state index contributed by atoms with van der Waals surface area (Å²) in [5.74, 6) is 0. The second-order valence-corrected chi connectivity index (χ2v) is 16.1. The topological polar surface area (TPSA) is 57.4 Å². The summed E-state index contributed by atoms with van der Waals surface area (Å²) in [7, 11) is 0. The van der Waals surface area contributed by atoms with E-state index in [1.54, 1.807) is 72.8 Å². The molecule has 2 aliphatic heterocycles. The van der Waals surface area contributed by atoms with Crippen LogP contribution in [0, 0.1) is 0 Å². The first-order valence-corrected chi connectivity index (χ1v) is 20.0. The molecule has 5 heterocycles. The van der Waals surface area contributed by atoms with Crippen LogP contribution in [0.2, 0.25) is 40.2 Å². The molecule has 0 atom stereocenters. The number of hydrogen-bond donors (Lipinski definition) is 2. The number of nitrogens with one attached hydrogen (secondary N) is 2. The molecule has 2 aliphatic rings. The molecule has 0 radical (unpaired) electrons. The summed E-state index contributed by atoms with van der Waals surface area (Å²) in [5.41, 5.74) is 10.1. The summed E-state index contributed by atoms with van der Waals surface area (Å²) < 4.78 is 0. The fourth-order valence-electron chi connectivity index (χ4n) is 7.20. The van der Waals surface area contributed by atoms with Crippen molar-refractivity contribution in [2.45, 2.75) is 0 Å². The second-order valence-electron chi connectivity index (χ2n) is 12.9. The maximum Gasteiger partial charge on any atom is 3.00 e. The van der Waals surface area contributed by atoms with E-state index in [9.17, 15) is 0 Å². The Bertz CT molecular complexity index is 2820. The number of nitrogens with zero attached hydrogens (tertiary/aromatic N) is 2. The van der Waals surface area contributed by atoms with Gasteiger partial charge >= 0.3 is 17.1 Å². The predicted octanol–water partition coefficient (Wildman–Crippen LogP) is 7.56. The zero-order chi connectivity index (χ0) is 38.8. The number of benzene rings is 4. The van der Waals surface area contributed by atoms with Gasteiger partial charge in [-0.25, -0.2) is 9.97 Å². The van der Waals surface area contributed by atoms with E-state index in [-0.39, 0.29) is 54.3 Å². The van der Waals surface area contributed by atoms with Gasteiger partial charge in [-0.2, -0.15) is 0 Å². The molecule has 8 bridgehead atoms. The van der Waals surface area contributed by atoms with Crippen molar-refractivity contribution in [1.29, 1.82) is 0 Å². The van der Waals surface area contributed by atoms with Crippen LogP contribution in [0.4, 0.5) is 0 Å². The maximum absolute atomic E-state index is 6.96. The molecule has 60 heavy (non-hydrogen) atoms. The Hall–Kier alpha value is -2.81.